The molecule has 0 aliphatic carbocycles. The van der Waals surface area contributed by atoms with Crippen molar-refractivity contribution in [3.63, 3.8) is 0 Å². The number of esters is 1. The third kappa shape index (κ3) is 6.44. The zero-order chi connectivity index (χ0) is 19.6. The van der Waals surface area contributed by atoms with E-state index in [9.17, 15) is 9.59 Å². The van der Waals surface area contributed by atoms with E-state index in [-0.39, 0.29) is 12.5 Å². The largest absolute Gasteiger partial charge is 0.481 e. The molecule has 0 aliphatic rings. The van der Waals surface area contributed by atoms with Crippen LogP contribution in [0.1, 0.15) is 31.4 Å². The summed E-state index contributed by atoms with van der Waals surface area (Å²) in [6, 6.07) is 16.3. The van der Waals surface area contributed by atoms with Gasteiger partial charge in [0.05, 0.1) is 6.61 Å². The van der Waals surface area contributed by atoms with Crippen molar-refractivity contribution >= 4 is 11.9 Å². The van der Waals surface area contributed by atoms with E-state index in [2.05, 4.69) is 5.32 Å². The molecule has 0 heterocycles. The molecule has 0 aromatic heterocycles. The Morgan fingerprint density at radius 1 is 1.00 bits per heavy atom. The first-order chi connectivity index (χ1) is 13.0. The summed E-state index contributed by atoms with van der Waals surface area (Å²) in [5.74, 6) is -0.148. The number of hydrogen-bond acceptors (Lipinski definition) is 4. The lowest BCUT2D eigenvalue weighted by atomic mass is 10.1. The van der Waals surface area contributed by atoms with Crippen molar-refractivity contribution < 1.29 is 19.1 Å². The molecule has 1 N–H and O–H groups in total. The van der Waals surface area contributed by atoms with E-state index < -0.39 is 18.1 Å². The van der Waals surface area contributed by atoms with E-state index in [1.807, 2.05) is 68.4 Å². The Morgan fingerprint density at radius 3 is 2.26 bits per heavy atom. The summed E-state index contributed by atoms with van der Waals surface area (Å²) in [6.07, 6.45) is 0.174. The predicted octanol–water partition coefficient (Wildman–Crippen LogP) is 3.44. The smallest absolute Gasteiger partial charge is 0.328 e. The van der Waals surface area contributed by atoms with Crippen LogP contribution in [0.4, 0.5) is 0 Å². The molecule has 0 saturated carbocycles. The maximum atomic E-state index is 12.7. The number of carbonyl (C=O) groups excluding carboxylic acids is 2. The topological polar surface area (TPSA) is 64.6 Å². The van der Waals surface area contributed by atoms with Gasteiger partial charge in [0.15, 0.2) is 6.10 Å². The lowest BCUT2D eigenvalue weighted by molar-refractivity contribution is -0.148. The van der Waals surface area contributed by atoms with Gasteiger partial charge in [0.25, 0.3) is 5.91 Å². The average molecular weight is 369 g/mol. The van der Waals surface area contributed by atoms with Crippen LogP contribution in [0, 0.1) is 6.92 Å². The normalized spacial score (nSPS) is 12.7. The second-order valence-corrected chi connectivity index (χ2v) is 6.33. The Balaban J connectivity index is 2.07. The highest BCUT2D eigenvalue weighted by atomic mass is 16.5. The fourth-order valence-electron chi connectivity index (χ4n) is 2.65. The first-order valence-electron chi connectivity index (χ1n) is 9.27. The summed E-state index contributed by atoms with van der Waals surface area (Å²) < 4.78 is 10.9. The number of aryl methyl sites for hydroxylation is 1. The van der Waals surface area contributed by atoms with Crippen LogP contribution in [0.15, 0.2) is 54.6 Å². The minimum absolute atomic E-state index is 0.261. The number of nitrogens with one attached hydrogen (secondary N) is 1. The molecule has 0 fully saturated rings. The summed E-state index contributed by atoms with van der Waals surface area (Å²) in [7, 11) is 0. The van der Waals surface area contributed by atoms with Gasteiger partial charge in [-0.3, -0.25) is 4.79 Å². The van der Waals surface area contributed by atoms with Gasteiger partial charge in [0.2, 0.25) is 0 Å². The molecule has 5 nitrogen and oxygen atoms in total. The Bertz CT molecular complexity index is 728. The monoisotopic (exact) mass is 369 g/mol. The lowest BCUT2D eigenvalue weighted by Gasteiger charge is -2.22. The maximum absolute atomic E-state index is 12.7. The van der Waals surface area contributed by atoms with Crippen LogP contribution in [0.3, 0.4) is 0 Å². The summed E-state index contributed by atoms with van der Waals surface area (Å²) >= 11 is 0. The number of hydrogen-bond donors (Lipinski definition) is 1. The van der Waals surface area contributed by atoms with Crippen LogP contribution in [0.5, 0.6) is 5.75 Å². The zero-order valence-corrected chi connectivity index (χ0v) is 16.1. The predicted molar refractivity (Wildman–Crippen MR) is 105 cm³/mol. The third-order valence-corrected chi connectivity index (χ3v) is 4.13. The number of benzene rings is 2. The molecular weight excluding hydrogens is 342 g/mol. The van der Waals surface area contributed by atoms with E-state index >= 15 is 0 Å². The second-order valence-electron chi connectivity index (χ2n) is 6.33. The minimum Gasteiger partial charge on any atom is -0.481 e. The minimum atomic E-state index is -0.754. The molecule has 0 aliphatic heterocycles. The molecule has 2 atom stereocenters. The molecule has 2 rings (SSSR count). The average Bonchev–Trinajstić information content (AvgIpc) is 2.68. The summed E-state index contributed by atoms with van der Waals surface area (Å²) in [5.41, 5.74) is 2.06. The Labute approximate surface area is 160 Å². The van der Waals surface area contributed by atoms with Gasteiger partial charge in [-0.15, -0.1) is 0 Å². The van der Waals surface area contributed by atoms with Gasteiger partial charge in [-0.2, -0.15) is 0 Å². The number of ether oxygens (including phenoxy) is 2. The molecule has 0 bridgehead atoms. The second kappa shape index (κ2) is 10.4. The van der Waals surface area contributed by atoms with Crippen LogP contribution in [-0.4, -0.2) is 30.6 Å². The van der Waals surface area contributed by atoms with Crippen LogP contribution in [0.2, 0.25) is 0 Å². The van der Waals surface area contributed by atoms with E-state index in [1.54, 1.807) is 6.92 Å². The molecule has 5 heteroatoms. The fourth-order valence-corrected chi connectivity index (χ4v) is 2.65. The summed E-state index contributed by atoms with van der Waals surface area (Å²) in [6.45, 7) is 5.86. The zero-order valence-electron chi connectivity index (χ0n) is 16.1. The first-order valence-corrected chi connectivity index (χ1v) is 9.27. The molecule has 2 aromatic carbocycles. The highest BCUT2D eigenvalue weighted by Gasteiger charge is 2.27. The Kier molecular flexibility index (Phi) is 7.86. The number of amides is 1. The van der Waals surface area contributed by atoms with Gasteiger partial charge < -0.3 is 14.8 Å². The van der Waals surface area contributed by atoms with Crippen molar-refractivity contribution in [3.8, 4) is 5.75 Å². The standard InChI is InChI=1S/C22H27NO4/c1-4-20(27-18-13-11-16(3)12-14-18)21(24)23-19(22(25)26-5-2)15-17-9-7-6-8-10-17/h6-14,19-20H,4-5,15H2,1-3H3,(H,23,24). The van der Waals surface area contributed by atoms with Crippen molar-refractivity contribution in [1.82, 2.24) is 5.32 Å². The molecule has 2 aromatic rings. The number of carbonyl (C=O) groups is 2. The molecule has 0 saturated heterocycles. The highest BCUT2D eigenvalue weighted by Crippen LogP contribution is 2.15. The van der Waals surface area contributed by atoms with E-state index in [1.165, 1.54) is 0 Å². The quantitative estimate of drug-likeness (QED) is 0.688. The maximum Gasteiger partial charge on any atom is 0.328 e. The van der Waals surface area contributed by atoms with Gasteiger partial charge >= 0.3 is 5.97 Å². The van der Waals surface area contributed by atoms with Crippen molar-refractivity contribution in [2.45, 2.75) is 45.8 Å². The van der Waals surface area contributed by atoms with Gasteiger partial charge in [0, 0.05) is 6.42 Å². The molecule has 27 heavy (non-hydrogen) atoms. The van der Waals surface area contributed by atoms with Crippen LogP contribution in [-0.2, 0) is 20.7 Å². The summed E-state index contributed by atoms with van der Waals surface area (Å²) in [4.78, 5) is 25.0. The molecule has 0 radical (unpaired) electrons. The molecule has 1 amide bonds. The van der Waals surface area contributed by atoms with Crippen LogP contribution >= 0.6 is 0 Å². The van der Waals surface area contributed by atoms with E-state index in [4.69, 9.17) is 9.47 Å². The first kappa shape index (κ1) is 20.5. The van der Waals surface area contributed by atoms with Gasteiger partial charge in [0.1, 0.15) is 11.8 Å². The molecule has 0 spiro atoms. The Morgan fingerprint density at radius 2 is 1.67 bits per heavy atom. The molecular formula is C22H27NO4. The van der Waals surface area contributed by atoms with Gasteiger partial charge in [-0.1, -0.05) is 55.0 Å². The van der Waals surface area contributed by atoms with E-state index in [0.29, 0.717) is 18.6 Å². The van der Waals surface area contributed by atoms with E-state index in [0.717, 1.165) is 11.1 Å². The van der Waals surface area contributed by atoms with Crippen molar-refractivity contribution in [2.24, 2.45) is 0 Å². The van der Waals surface area contributed by atoms with Crippen molar-refractivity contribution in [2.75, 3.05) is 6.61 Å². The lowest BCUT2D eigenvalue weighted by Crippen LogP contribution is -2.48. The van der Waals surface area contributed by atoms with Crippen molar-refractivity contribution in [1.29, 1.82) is 0 Å². The highest BCUT2D eigenvalue weighted by molar-refractivity contribution is 5.87. The third-order valence-electron chi connectivity index (χ3n) is 4.13. The van der Waals surface area contributed by atoms with Gasteiger partial charge in [-0.05, 0) is 38.0 Å². The fraction of sp³-hybridized carbons (Fsp3) is 0.364. The molecule has 144 valence electrons. The Hall–Kier alpha value is -2.82. The van der Waals surface area contributed by atoms with Crippen LogP contribution in [0.25, 0.3) is 0 Å². The van der Waals surface area contributed by atoms with Crippen molar-refractivity contribution in [3.05, 3.63) is 65.7 Å². The molecule has 2 unspecified atom stereocenters. The number of rotatable bonds is 9. The summed E-state index contributed by atoms with van der Waals surface area (Å²) in [5, 5.41) is 2.79. The SMILES string of the molecule is CCOC(=O)C(Cc1ccccc1)NC(=O)C(CC)Oc1ccc(C)cc1. The van der Waals surface area contributed by atoms with Crippen LogP contribution < -0.4 is 10.1 Å². The van der Waals surface area contributed by atoms with Gasteiger partial charge in [-0.25, -0.2) is 4.79 Å².